The first kappa shape index (κ1) is 13.7. The zero-order valence-corrected chi connectivity index (χ0v) is 10.7. The summed E-state index contributed by atoms with van der Waals surface area (Å²) in [4.78, 5) is 11.6. The van der Waals surface area contributed by atoms with Crippen LogP contribution in [0.2, 0.25) is 5.02 Å². The number of carbonyl (C=O) groups excluding carboxylic acids is 1. The van der Waals surface area contributed by atoms with Gasteiger partial charge in [-0.2, -0.15) is 0 Å². The number of methoxy groups -OCH3 is 1. The molecule has 1 aromatic rings. The van der Waals surface area contributed by atoms with Crippen LogP contribution >= 0.6 is 11.6 Å². The number of halogens is 1. The van der Waals surface area contributed by atoms with Crippen LogP contribution in [0.1, 0.15) is 12.5 Å². The molecule has 4 heteroatoms. The second kappa shape index (κ2) is 7.09. The second-order valence-corrected chi connectivity index (χ2v) is 3.81. The molecule has 0 atom stereocenters. The maximum absolute atomic E-state index is 11.6. The highest BCUT2D eigenvalue weighted by molar-refractivity contribution is 6.30. The van der Waals surface area contributed by atoms with E-state index in [1.54, 1.807) is 25.1 Å². The molecule has 0 N–H and O–H groups in total. The third-order valence-electron chi connectivity index (χ3n) is 2.05. The van der Waals surface area contributed by atoms with Gasteiger partial charge in [0, 0.05) is 12.1 Å². The molecule has 0 aliphatic carbocycles. The highest BCUT2D eigenvalue weighted by Crippen LogP contribution is 2.13. The van der Waals surface area contributed by atoms with Crippen LogP contribution in [0.3, 0.4) is 0 Å². The van der Waals surface area contributed by atoms with Gasteiger partial charge in [0.2, 0.25) is 0 Å². The minimum atomic E-state index is -0.357. The molecule has 0 radical (unpaired) electrons. The van der Waals surface area contributed by atoms with E-state index < -0.39 is 0 Å². The maximum atomic E-state index is 11.6. The second-order valence-electron chi connectivity index (χ2n) is 3.37. The van der Waals surface area contributed by atoms with Crippen molar-refractivity contribution in [2.75, 3.05) is 20.3 Å². The summed E-state index contributed by atoms with van der Waals surface area (Å²) in [5, 5.41) is 0.659. The highest BCUT2D eigenvalue weighted by atomic mass is 35.5. The van der Waals surface area contributed by atoms with Crippen molar-refractivity contribution in [1.82, 2.24) is 0 Å². The molecule has 0 aliphatic heterocycles. The van der Waals surface area contributed by atoms with Crippen molar-refractivity contribution in [1.29, 1.82) is 0 Å². The number of hydrogen-bond donors (Lipinski definition) is 0. The standard InChI is InChI=1S/C13H15ClO3/c1-3-17-13(15)11(9-16-2)8-10-4-6-12(14)7-5-10/h4-8H,3,9H2,1-2H3/b11-8+. The largest absolute Gasteiger partial charge is 0.463 e. The van der Waals surface area contributed by atoms with Crippen LogP contribution < -0.4 is 0 Å². The van der Waals surface area contributed by atoms with E-state index in [2.05, 4.69) is 0 Å². The Labute approximate surface area is 106 Å². The molecule has 0 saturated heterocycles. The molecule has 0 heterocycles. The van der Waals surface area contributed by atoms with Gasteiger partial charge in [-0.05, 0) is 30.7 Å². The summed E-state index contributed by atoms with van der Waals surface area (Å²) in [5.74, 6) is -0.357. The van der Waals surface area contributed by atoms with Gasteiger partial charge in [0.05, 0.1) is 18.8 Å². The summed E-state index contributed by atoms with van der Waals surface area (Å²) in [7, 11) is 1.54. The predicted molar refractivity (Wildman–Crippen MR) is 67.9 cm³/mol. The van der Waals surface area contributed by atoms with Crippen LogP contribution in [-0.2, 0) is 14.3 Å². The fourth-order valence-corrected chi connectivity index (χ4v) is 1.42. The quantitative estimate of drug-likeness (QED) is 0.599. The molecule has 0 aromatic heterocycles. The van der Waals surface area contributed by atoms with E-state index in [1.165, 1.54) is 7.11 Å². The maximum Gasteiger partial charge on any atom is 0.336 e. The molecule has 1 rings (SSSR count). The van der Waals surface area contributed by atoms with Crippen LogP contribution in [0, 0.1) is 0 Å². The first-order chi connectivity index (χ1) is 8.17. The first-order valence-electron chi connectivity index (χ1n) is 5.29. The molecular weight excluding hydrogens is 240 g/mol. The summed E-state index contributed by atoms with van der Waals surface area (Å²) < 4.78 is 9.91. The van der Waals surface area contributed by atoms with Crippen LogP contribution in [0.5, 0.6) is 0 Å². The van der Waals surface area contributed by atoms with Crippen molar-refractivity contribution < 1.29 is 14.3 Å². The average molecular weight is 255 g/mol. The van der Waals surface area contributed by atoms with Crippen molar-refractivity contribution in [2.45, 2.75) is 6.92 Å². The van der Waals surface area contributed by atoms with E-state index in [4.69, 9.17) is 21.1 Å². The highest BCUT2D eigenvalue weighted by Gasteiger charge is 2.10. The first-order valence-corrected chi connectivity index (χ1v) is 5.67. The summed E-state index contributed by atoms with van der Waals surface area (Å²) in [6.07, 6.45) is 1.73. The molecule has 0 bridgehead atoms. The zero-order valence-electron chi connectivity index (χ0n) is 9.90. The van der Waals surface area contributed by atoms with Crippen molar-refractivity contribution in [3.63, 3.8) is 0 Å². The van der Waals surface area contributed by atoms with Gasteiger partial charge in [0.25, 0.3) is 0 Å². The normalized spacial score (nSPS) is 11.4. The van der Waals surface area contributed by atoms with E-state index in [-0.39, 0.29) is 12.6 Å². The lowest BCUT2D eigenvalue weighted by molar-refractivity contribution is -0.139. The Morgan fingerprint density at radius 3 is 2.53 bits per heavy atom. The molecule has 0 spiro atoms. The van der Waals surface area contributed by atoms with Gasteiger partial charge in [-0.25, -0.2) is 4.79 Å². The molecule has 17 heavy (non-hydrogen) atoms. The third kappa shape index (κ3) is 4.59. The van der Waals surface area contributed by atoms with Gasteiger partial charge >= 0.3 is 5.97 Å². The smallest absolute Gasteiger partial charge is 0.336 e. The molecule has 0 fully saturated rings. The van der Waals surface area contributed by atoms with E-state index in [0.717, 1.165) is 5.56 Å². The molecular formula is C13H15ClO3. The van der Waals surface area contributed by atoms with Crippen LogP contribution in [0.25, 0.3) is 6.08 Å². The molecule has 0 amide bonds. The van der Waals surface area contributed by atoms with Gasteiger partial charge < -0.3 is 9.47 Å². The molecule has 1 aromatic carbocycles. The van der Waals surface area contributed by atoms with Crippen LogP contribution in [-0.4, -0.2) is 26.3 Å². The van der Waals surface area contributed by atoms with Crippen LogP contribution in [0.15, 0.2) is 29.8 Å². The van der Waals surface area contributed by atoms with Crippen molar-refractivity contribution in [3.05, 3.63) is 40.4 Å². The summed E-state index contributed by atoms with van der Waals surface area (Å²) >= 11 is 5.78. The lowest BCUT2D eigenvalue weighted by Gasteiger charge is -2.06. The SMILES string of the molecule is CCOC(=O)/C(=C/c1ccc(Cl)cc1)COC. The summed E-state index contributed by atoms with van der Waals surface area (Å²) in [5.41, 5.74) is 1.37. The fourth-order valence-electron chi connectivity index (χ4n) is 1.30. The summed E-state index contributed by atoms with van der Waals surface area (Å²) in [6.45, 7) is 2.34. The van der Waals surface area contributed by atoms with Crippen molar-refractivity contribution in [3.8, 4) is 0 Å². The number of ether oxygens (including phenoxy) is 2. The number of hydrogen-bond acceptors (Lipinski definition) is 3. The summed E-state index contributed by atoms with van der Waals surface area (Å²) in [6, 6.07) is 7.19. The molecule has 92 valence electrons. The molecule has 3 nitrogen and oxygen atoms in total. The monoisotopic (exact) mass is 254 g/mol. The average Bonchev–Trinajstić information content (AvgIpc) is 2.31. The van der Waals surface area contributed by atoms with Crippen molar-refractivity contribution in [2.24, 2.45) is 0 Å². The molecule has 0 aliphatic rings. The zero-order chi connectivity index (χ0) is 12.7. The lowest BCUT2D eigenvalue weighted by atomic mass is 10.1. The Balaban J connectivity index is 2.89. The topological polar surface area (TPSA) is 35.5 Å². The van der Waals surface area contributed by atoms with Gasteiger partial charge in [-0.1, -0.05) is 23.7 Å². The van der Waals surface area contributed by atoms with Crippen LogP contribution in [0.4, 0.5) is 0 Å². The number of carbonyl (C=O) groups is 1. The predicted octanol–water partition coefficient (Wildman–Crippen LogP) is 2.93. The van der Waals surface area contributed by atoms with Gasteiger partial charge in [0.1, 0.15) is 0 Å². The van der Waals surface area contributed by atoms with Gasteiger partial charge in [0.15, 0.2) is 0 Å². The molecule has 0 saturated carbocycles. The Morgan fingerprint density at radius 1 is 1.35 bits per heavy atom. The van der Waals surface area contributed by atoms with E-state index >= 15 is 0 Å². The molecule has 0 unspecified atom stereocenters. The third-order valence-corrected chi connectivity index (χ3v) is 2.30. The number of benzene rings is 1. The Kier molecular flexibility index (Phi) is 5.73. The van der Waals surface area contributed by atoms with Gasteiger partial charge in [-0.3, -0.25) is 0 Å². The number of rotatable bonds is 5. The van der Waals surface area contributed by atoms with Gasteiger partial charge in [-0.15, -0.1) is 0 Å². The minimum absolute atomic E-state index is 0.224. The van der Waals surface area contributed by atoms with Crippen molar-refractivity contribution >= 4 is 23.6 Å². The van der Waals surface area contributed by atoms with E-state index in [1.807, 2.05) is 12.1 Å². The Bertz CT molecular complexity index is 396. The van der Waals surface area contributed by atoms with E-state index in [0.29, 0.717) is 17.2 Å². The lowest BCUT2D eigenvalue weighted by Crippen LogP contribution is -2.11. The fraction of sp³-hybridized carbons (Fsp3) is 0.308. The minimum Gasteiger partial charge on any atom is -0.463 e. The number of esters is 1. The van der Waals surface area contributed by atoms with E-state index in [9.17, 15) is 4.79 Å². The Hall–Kier alpha value is -1.32. The Morgan fingerprint density at radius 2 is 2.00 bits per heavy atom.